The van der Waals surface area contributed by atoms with Gasteiger partial charge in [0.2, 0.25) is 5.91 Å². The molecule has 0 heterocycles. The number of rotatable bonds is 7. The Balaban J connectivity index is 3.51. The standard InChI is InChI=1S/C10H20N2O3/c1-7(2)9(11)10(15)12-6-4-3-5-8(13)14/h7,9H,3-6,11H2,1-2H3,(H,12,15)(H,13,14). The van der Waals surface area contributed by atoms with Crippen LogP contribution < -0.4 is 11.1 Å². The van der Waals surface area contributed by atoms with Gasteiger partial charge in [0, 0.05) is 13.0 Å². The van der Waals surface area contributed by atoms with E-state index in [0.29, 0.717) is 19.4 Å². The number of aliphatic carboxylic acids is 1. The van der Waals surface area contributed by atoms with Gasteiger partial charge in [0.1, 0.15) is 0 Å². The van der Waals surface area contributed by atoms with Crippen molar-refractivity contribution < 1.29 is 14.7 Å². The lowest BCUT2D eigenvalue weighted by Crippen LogP contribution is -2.44. The second kappa shape index (κ2) is 7.23. The molecule has 15 heavy (non-hydrogen) atoms. The van der Waals surface area contributed by atoms with E-state index >= 15 is 0 Å². The molecule has 0 aromatic rings. The maximum atomic E-state index is 11.3. The molecule has 0 fully saturated rings. The first-order valence-corrected chi connectivity index (χ1v) is 5.20. The molecule has 0 bridgehead atoms. The topological polar surface area (TPSA) is 92.4 Å². The van der Waals surface area contributed by atoms with E-state index in [1.54, 1.807) is 0 Å². The Morgan fingerprint density at radius 2 is 1.93 bits per heavy atom. The van der Waals surface area contributed by atoms with E-state index in [1.807, 2.05) is 13.8 Å². The van der Waals surface area contributed by atoms with Crippen molar-refractivity contribution in [1.82, 2.24) is 5.32 Å². The summed E-state index contributed by atoms with van der Waals surface area (Å²) < 4.78 is 0. The Morgan fingerprint density at radius 3 is 2.40 bits per heavy atom. The summed E-state index contributed by atoms with van der Waals surface area (Å²) >= 11 is 0. The van der Waals surface area contributed by atoms with Crippen LogP contribution in [0.1, 0.15) is 33.1 Å². The van der Waals surface area contributed by atoms with E-state index in [4.69, 9.17) is 10.8 Å². The fraction of sp³-hybridized carbons (Fsp3) is 0.800. The number of hydrogen-bond donors (Lipinski definition) is 3. The number of nitrogens with two attached hydrogens (primary N) is 1. The fourth-order valence-electron chi connectivity index (χ4n) is 1.03. The van der Waals surface area contributed by atoms with E-state index in [0.717, 1.165) is 0 Å². The molecule has 5 nitrogen and oxygen atoms in total. The first-order valence-electron chi connectivity index (χ1n) is 5.20. The molecule has 0 saturated carbocycles. The van der Waals surface area contributed by atoms with Crippen LogP contribution >= 0.6 is 0 Å². The molecule has 0 spiro atoms. The Labute approximate surface area is 90.0 Å². The summed E-state index contributed by atoms with van der Waals surface area (Å²) in [6.07, 6.45) is 1.39. The first kappa shape index (κ1) is 13.9. The number of carbonyl (C=O) groups is 2. The average Bonchev–Trinajstić information content (AvgIpc) is 2.15. The molecule has 4 N–H and O–H groups in total. The third-order valence-corrected chi connectivity index (χ3v) is 2.14. The van der Waals surface area contributed by atoms with Gasteiger partial charge >= 0.3 is 5.97 Å². The van der Waals surface area contributed by atoms with Gasteiger partial charge in [0.05, 0.1) is 6.04 Å². The van der Waals surface area contributed by atoms with Crippen LogP contribution in [0.15, 0.2) is 0 Å². The highest BCUT2D eigenvalue weighted by Gasteiger charge is 2.15. The summed E-state index contributed by atoms with van der Waals surface area (Å²) in [6.45, 7) is 4.26. The van der Waals surface area contributed by atoms with E-state index in [-0.39, 0.29) is 18.2 Å². The van der Waals surface area contributed by atoms with Gasteiger partial charge in [0.15, 0.2) is 0 Å². The van der Waals surface area contributed by atoms with Crippen molar-refractivity contribution in [1.29, 1.82) is 0 Å². The molecule has 1 atom stereocenters. The Morgan fingerprint density at radius 1 is 1.33 bits per heavy atom. The van der Waals surface area contributed by atoms with Crippen LogP contribution in [0.3, 0.4) is 0 Å². The molecule has 5 heteroatoms. The maximum Gasteiger partial charge on any atom is 0.303 e. The summed E-state index contributed by atoms with van der Waals surface area (Å²) in [5.41, 5.74) is 5.62. The van der Waals surface area contributed by atoms with Crippen molar-refractivity contribution in [2.45, 2.75) is 39.2 Å². The Bertz CT molecular complexity index is 217. The molecule has 1 unspecified atom stereocenters. The zero-order chi connectivity index (χ0) is 11.8. The second-order valence-corrected chi connectivity index (χ2v) is 3.91. The molecule has 0 rings (SSSR count). The van der Waals surface area contributed by atoms with Gasteiger partial charge in [-0.15, -0.1) is 0 Å². The molecule has 0 radical (unpaired) electrons. The summed E-state index contributed by atoms with van der Waals surface area (Å²) in [4.78, 5) is 21.5. The number of carboxylic acid groups (broad SMARTS) is 1. The molecule has 0 aromatic carbocycles. The summed E-state index contributed by atoms with van der Waals surface area (Å²) in [6, 6.07) is -0.482. The number of unbranched alkanes of at least 4 members (excludes halogenated alkanes) is 1. The van der Waals surface area contributed by atoms with Crippen molar-refractivity contribution in [3.63, 3.8) is 0 Å². The van der Waals surface area contributed by atoms with E-state index in [1.165, 1.54) is 0 Å². The molecule has 1 amide bonds. The Hall–Kier alpha value is -1.10. The molecular formula is C10H20N2O3. The van der Waals surface area contributed by atoms with Gasteiger partial charge in [0.25, 0.3) is 0 Å². The third kappa shape index (κ3) is 6.90. The van der Waals surface area contributed by atoms with E-state index < -0.39 is 12.0 Å². The molecule has 0 saturated heterocycles. The SMILES string of the molecule is CC(C)C(N)C(=O)NCCCCC(=O)O. The molecule has 0 aliphatic carbocycles. The van der Waals surface area contributed by atoms with Gasteiger partial charge in [-0.3, -0.25) is 9.59 Å². The highest BCUT2D eigenvalue weighted by atomic mass is 16.4. The van der Waals surface area contributed by atoms with Gasteiger partial charge in [-0.1, -0.05) is 13.8 Å². The highest BCUT2D eigenvalue weighted by Crippen LogP contribution is 1.98. The predicted octanol–water partition coefficient (Wildman–Crippen LogP) is 0.341. The van der Waals surface area contributed by atoms with E-state index in [9.17, 15) is 9.59 Å². The predicted molar refractivity (Wildman–Crippen MR) is 57.3 cm³/mol. The number of nitrogens with one attached hydrogen (secondary N) is 1. The summed E-state index contributed by atoms with van der Waals surface area (Å²) in [5.74, 6) is -0.857. The van der Waals surface area contributed by atoms with Crippen LogP contribution in [0, 0.1) is 5.92 Å². The maximum absolute atomic E-state index is 11.3. The zero-order valence-corrected chi connectivity index (χ0v) is 9.32. The number of amides is 1. The quantitative estimate of drug-likeness (QED) is 0.535. The Kier molecular flexibility index (Phi) is 6.70. The van der Waals surface area contributed by atoms with Crippen LogP contribution in [-0.4, -0.2) is 29.6 Å². The fourth-order valence-corrected chi connectivity index (χ4v) is 1.03. The first-order chi connectivity index (χ1) is 6.95. The highest BCUT2D eigenvalue weighted by molar-refractivity contribution is 5.81. The zero-order valence-electron chi connectivity index (χ0n) is 9.32. The average molecular weight is 216 g/mol. The summed E-state index contributed by atoms with van der Waals surface area (Å²) in [5, 5.41) is 11.1. The molecule has 0 aromatic heterocycles. The van der Waals surface area contributed by atoms with Crippen molar-refractivity contribution >= 4 is 11.9 Å². The number of hydrogen-bond acceptors (Lipinski definition) is 3. The lowest BCUT2D eigenvalue weighted by Gasteiger charge is -2.14. The van der Waals surface area contributed by atoms with Gasteiger partial charge < -0.3 is 16.2 Å². The number of carbonyl (C=O) groups excluding carboxylic acids is 1. The van der Waals surface area contributed by atoms with Crippen LogP contribution in [0.2, 0.25) is 0 Å². The van der Waals surface area contributed by atoms with Gasteiger partial charge in [-0.25, -0.2) is 0 Å². The van der Waals surface area contributed by atoms with E-state index in [2.05, 4.69) is 5.32 Å². The number of carboxylic acids is 1. The third-order valence-electron chi connectivity index (χ3n) is 2.14. The monoisotopic (exact) mass is 216 g/mol. The lowest BCUT2D eigenvalue weighted by molar-refractivity contribution is -0.137. The van der Waals surface area contributed by atoms with Crippen LogP contribution in [0.4, 0.5) is 0 Å². The summed E-state index contributed by atoms with van der Waals surface area (Å²) in [7, 11) is 0. The molecule has 0 aliphatic heterocycles. The van der Waals surface area contributed by atoms with Crippen molar-refractivity contribution in [3.8, 4) is 0 Å². The van der Waals surface area contributed by atoms with Gasteiger partial charge in [-0.05, 0) is 18.8 Å². The largest absolute Gasteiger partial charge is 0.481 e. The van der Waals surface area contributed by atoms with Crippen molar-refractivity contribution in [2.24, 2.45) is 11.7 Å². The molecular weight excluding hydrogens is 196 g/mol. The minimum absolute atomic E-state index is 0.115. The smallest absolute Gasteiger partial charge is 0.303 e. The minimum Gasteiger partial charge on any atom is -0.481 e. The van der Waals surface area contributed by atoms with Crippen molar-refractivity contribution in [3.05, 3.63) is 0 Å². The van der Waals surface area contributed by atoms with Crippen LogP contribution in [-0.2, 0) is 9.59 Å². The van der Waals surface area contributed by atoms with Gasteiger partial charge in [-0.2, -0.15) is 0 Å². The molecule has 88 valence electrons. The van der Waals surface area contributed by atoms with Crippen LogP contribution in [0.25, 0.3) is 0 Å². The second-order valence-electron chi connectivity index (χ2n) is 3.91. The minimum atomic E-state index is -0.805. The van der Waals surface area contributed by atoms with Crippen LogP contribution in [0.5, 0.6) is 0 Å². The molecule has 0 aliphatic rings. The lowest BCUT2D eigenvalue weighted by atomic mass is 10.1. The normalized spacial score (nSPS) is 12.5. The van der Waals surface area contributed by atoms with Crippen molar-refractivity contribution in [2.75, 3.05) is 6.54 Å².